The third-order valence-electron chi connectivity index (χ3n) is 7.74. The largest absolute Gasteiger partial charge is 0.490 e. The SMILES string of the molecule is C[C@@H]1CCCCO[C@@H](CN(C)Cc2ccc3c(c2)OCO3)[C@@H](C)CN([C@@H](C)CO)C(=O)c2cc(NS(C)(=O)=O)ccc2O1. The summed E-state index contributed by atoms with van der Waals surface area (Å²) in [6.45, 7) is 8.00. The lowest BCUT2D eigenvalue weighted by atomic mass is 10.0. The van der Waals surface area contributed by atoms with Crippen LogP contribution in [0.4, 0.5) is 5.69 Å². The van der Waals surface area contributed by atoms with Crippen molar-refractivity contribution in [2.75, 3.05) is 51.1 Å². The maximum absolute atomic E-state index is 14.1. The number of carbonyl (C=O) groups is 1. The smallest absolute Gasteiger partial charge is 0.258 e. The van der Waals surface area contributed by atoms with Crippen LogP contribution in [0.1, 0.15) is 56.0 Å². The summed E-state index contributed by atoms with van der Waals surface area (Å²) in [7, 11) is -1.52. The first-order valence-electron chi connectivity index (χ1n) is 14.8. The first-order valence-corrected chi connectivity index (χ1v) is 16.7. The van der Waals surface area contributed by atoms with Gasteiger partial charge in [0.15, 0.2) is 11.5 Å². The van der Waals surface area contributed by atoms with Gasteiger partial charge in [0.05, 0.1) is 36.7 Å². The highest BCUT2D eigenvalue weighted by Gasteiger charge is 2.30. The minimum absolute atomic E-state index is 0.0827. The fourth-order valence-electron chi connectivity index (χ4n) is 5.39. The highest BCUT2D eigenvalue weighted by atomic mass is 32.2. The Balaban J connectivity index is 1.59. The molecule has 2 aromatic carbocycles. The quantitative estimate of drug-likeness (QED) is 0.455. The molecule has 0 aromatic heterocycles. The molecule has 0 unspecified atom stereocenters. The molecule has 2 aliphatic rings. The van der Waals surface area contributed by atoms with Crippen molar-refractivity contribution in [3.8, 4) is 17.2 Å². The van der Waals surface area contributed by atoms with Gasteiger partial charge >= 0.3 is 0 Å². The molecule has 0 bridgehead atoms. The van der Waals surface area contributed by atoms with Gasteiger partial charge in [0.1, 0.15) is 5.75 Å². The molecule has 0 spiro atoms. The highest BCUT2D eigenvalue weighted by molar-refractivity contribution is 7.92. The molecule has 11 nitrogen and oxygen atoms in total. The Hall–Kier alpha value is -3.06. The predicted molar refractivity (Wildman–Crippen MR) is 164 cm³/mol. The number of aliphatic hydroxyl groups excluding tert-OH is 1. The standard InChI is InChI=1S/C31H45N3O8S/c1-21-16-34(22(2)19-35)31(36)26-15-25(32-43(5,37)38)10-12-27(26)42-23(3)8-6-7-13-39-30(21)18-33(4)17-24-9-11-28-29(14-24)41-20-40-28/h9-12,14-15,21-23,30,32,35H,6-8,13,16-20H2,1-5H3/t21-,22-,23+,30-/m0/s1. The maximum atomic E-state index is 14.1. The zero-order valence-corrected chi connectivity index (χ0v) is 26.6. The minimum Gasteiger partial charge on any atom is -0.490 e. The summed E-state index contributed by atoms with van der Waals surface area (Å²) in [5.74, 6) is 1.44. The van der Waals surface area contributed by atoms with E-state index >= 15 is 0 Å². The average Bonchev–Trinajstić information content (AvgIpc) is 3.41. The number of carbonyl (C=O) groups excluding carboxylic acids is 1. The molecule has 0 saturated carbocycles. The summed E-state index contributed by atoms with van der Waals surface area (Å²) in [5, 5.41) is 10.1. The van der Waals surface area contributed by atoms with Crippen LogP contribution in [0.5, 0.6) is 17.2 Å². The van der Waals surface area contributed by atoms with E-state index in [4.69, 9.17) is 18.9 Å². The molecule has 0 saturated heterocycles. The molecule has 0 fully saturated rings. The van der Waals surface area contributed by atoms with Crippen LogP contribution in [-0.2, 0) is 21.3 Å². The van der Waals surface area contributed by atoms with E-state index in [-0.39, 0.29) is 48.7 Å². The van der Waals surface area contributed by atoms with Crippen molar-refractivity contribution in [2.45, 2.75) is 64.8 Å². The summed E-state index contributed by atoms with van der Waals surface area (Å²) in [6, 6.07) is 10.2. The number of likely N-dealkylation sites (N-methyl/N-ethyl adjacent to an activating group) is 1. The number of nitrogens with zero attached hydrogens (tertiary/aromatic N) is 2. The van der Waals surface area contributed by atoms with Crippen molar-refractivity contribution < 1.29 is 37.3 Å². The number of fused-ring (bicyclic) bond motifs is 2. The lowest BCUT2D eigenvalue weighted by Gasteiger charge is -2.36. The zero-order valence-electron chi connectivity index (χ0n) is 25.7. The fraction of sp³-hybridized carbons (Fsp3) is 0.581. The van der Waals surface area contributed by atoms with Crippen molar-refractivity contribution in [1.82, 2.24) is 9.80 Å². The van der Waals surface area contributed by atoms with E-state index in [1.165, 1.54) is 6.07 Å². The second-order valence-corrected chi connectivity index (χ2v) is 13.5. The molecule has 2 aromatic rings. The van der Waals surface area contributed by atoms with Crippen LogP contribution in [0.25, 0.3) is 0 Å². The summed E-state index contributed by atoms with van der Waals surface area (Å²) in [5.41, 5.74) is 1.60. The summed E-state index contributed by atoms with van der Waals surface area (Å²) < 4.78 is 49.9. The van der Waals surface area contributed by atoms with Gasteiger partial charge in [0, 0.05) is 37.8 Å². The van der Waals surface area contributed by atoms with Crippen LogP contribution in [0.3, 0.4) is 0 Å². The van der Waals surface area contributed by atoms with Crippen LogP contribution in [0, 0.1) is 5.92 Å². The van der Waals surface area contributed by atoms with E-state index in [9.17, 15) is 18.3 Å². The van der Waals surface area contributed by atoms with E-state index in [1.54, 1.807) is 24.0 Å². The predicted octanol–water partition coefficient (Wildman–Crippen LogP) is 3.71. The normalized spacial score (nSPS) is 22.4. The third kappa shape index (κ3) is 9.21. The number of aliphatic hydroxyl groups is 1. The van der Waals surface area contributed by atoms with Gasteiger partial charge in [0.25, 0.3) is 5.91 Å². The molecule has 43 heavy (non-hydrogen) atoms. The number of anilines is 1. The topological polar surface area (TPSA) is 127 Å². The van der Waals surface area contributed by atoms with Crippen LogP contribution in [0.2, 0.25) is 0 Å². The monoisotopic (exact) mass is 619 g/mol. The number of amides is 1. The Kier molecular flexibility index (Phi) is 11.2. The van der Waals surface area contributed by atoms with E-state index in [2.05, 4.69) is 16.5 Å². The number of ether oxygens (including phenoxy) is 4. The second-order valence-electron chi connectivity index (χ2n) is 11.8. The Morgan fingerprint density at radius 1 is 1.09 bits per heavy atom. The Morgan fingerprint density at radius 3 is 2.58 bits per heavy atom. The number of nitrogens with one attached hydrogen (secondary N) is 1. The molecule has 0 aliphatic carbocycles. The van der Waals surface area contributed by atoms with Crippen LogP contribution in [0.15, 0.2) is 36.4 Å². The van der Waals surface area contributed by atoms with Gasteiger partial charge in [-0.05, 0) is 76.1 Å². The van der Waals surface area contributed by atoms with E-state index in [0.29, 0.717) is 32.0 Å². The van der Waals surface area contributed by atoms with Crippen molar-refractivity contribution in [2.24, 2.45) is 5.92 Å². The molecule has 2 N–H and O–H groups in total. The summed E-state index contributed by atoms with van der Waals surface area (Å²) in [4.78, 5) is 17.9. The van der Waals surface area contributed by atoms with Gasteiger partial charge < -0.3 is 29.0 Å². The number of benzene rings is 2. The first kappa shape index (κ1) is 32.8. The van der Waals surface area contributed by atoms with Gasteiger partial charge in [-0.25, -0.2) is 8.42 Å². The number of sulfonamides is 1. The van der Waals surface area contributed by atoms with Gasteiger partial charge in [-0.1, -0.05) is 13.0 Å². The maximum Gasteiger partial charge on any atom is 0.258 e. The highest BCUT2D eigenvalue weighted by Crippen LogP contribution is 2.33. The van der Waals surface area contributed by atoms with Crippen molar-refractivity contribution in [3.63, 3.8) is 0 Å². The Morgan fingerprint density at radius 2 is 1.84 bits per heavy atom. The molecule has 4 rings (SSSR count). The van der Waals surface area contributed by atoms with Crippen LogP contribution < -0.4 is 18.9 Å². The average molecular weight is 620 g/mol. The van der Waals surface area contributed by atoms with Crippen molar-refractivity contribution in [3.05, 3.63) is 47.5 Å². The zero-order chi connectivity index (χ0) is 31.1. The third-order valence-corrected chi connectivity index (χ3v) is 8.34. The molecular formula is C31H45N3O8S. The van der Waals surface area contributed by atoms with Gasteiger partial charge in [0.2, 0.25) is 16.8 Å². The number of hydrogen-bond donors (Lipinski definition) is 2. The fourth-order valence-corrected chi connectivity index (χ4v) is 5.94. The summed E-state index contributed by atoms with van der Waals surface area (Å²) in [6.07, 6.45) is 3.22. The molecule has 2 heterocycles. The molecule has 1 amide bonds. The van der Waals surface area contributed by atoms with Crippen LogP contribution >= 0.6 is 0 Å². The molecular weight excluding hydrogens is 574 g/mol. The lowest BCUT2D eigenvalue weighted by Crippen LogP contribution is -2.47. The number of rotatable bonds is 8. The van der Waals surface area contributed by atoms with Gasteiger partial charge in [-0.15, -0.1) is 0 Å². The van der Waals surface area contributed by atoms with Gasteiger partial charge in [-0.2, -0.15) is 0 Å². The Bertz CT molecular complexity index is 1350. The molecule has 4 atom stereocenters. The molecule has 2 aliphatic heterocycles. The van der Waals surface area contributed by atoms with E-state index in [0.717, 1.165) is 42.6 Å². The van der Waals surface area contributed by atoms with E-state index < -0.39 is 16.1 Å². The molecule has 12 heteroatoms. The molecule has 238 valence electrons. The van der Waals surface area contributed by atoms with Crippen molar-refractivity contribution in [1.29, 1.82) is 0 Å². The minimum atomic E-state index is -3.56. The molecule has 0 radical (unpaired) electrons. The first-order chi connectivity index (χ1) is 20.4. The van der Waals surface area contributed by atoms with Crippen molar-refractivity contribution >= 4 is 21.6 Å². The second kappa shape index (κ2) is 14.6. The Labute approximate surface area is 255 Å². The number of hydrogen-bond acceptors (Lipinski definition) is 9. The lowest BCUT2D eigenvalue weighted by molar-refractivity contribution is -0.0177. The summed E-state index contributed by atoms with van der Waals surface area (Å²) >= 11 is 0. The van der Waals surface area contributed by atoms with E-state index in [1.807, 2.05) is 32.2 Å². The van der Waals surface area contributed by atoms with Gasteiger partial charge in [-0.3, -0.25) is 14.4 Å². The van der Waals surface area contributed by atoms with Crippen LogP contribution in [-0.4, -0.2) is 93.9 Å².